The van der Waals surface area contributed by atoms with E-state index in [-0.39, 0.29) is 24.0 Å². The van der Waals surface area contributed by atoms with Gasteiger partial charge in [0.15, 0.2) is 5.96 Å². The van der Waals surface area contributed by atoms with Gasteiger partial charge in [-0.3, -0.25) is 4.99 Å². The van der Waals surface area contributed by atoms with Crippen LogP contribution in [-0.4, -0.2) is 37.8 Å². The largest absolute Gasteiger partial charge is 0.469 e. The molecule has 0 aromatic carbocycles. The molecular formula is C21H36IN3O2. The standard InChI is InChI=1S/C21H35N3O2.HI/c1-16(2)25-12-4-3-10-22-21(23-11-9-19-6-5-13-26-19)24-20-15-17-7-8-18(20)14-17;/h5-6,13,16-18,20H,3-4,7-12,14-15H2,1-2H3,(H2,22,23,24);1H. The molecule has 0 spiro atoms. The number of hydrogen-bond acceptors (Lipinski definition) is 3. The first-order valence-electron chi connectivity index (χ1n) is 10.4. The fourth-order valence-electron chi connectivity index (χ4n) is 4.23. The SMILES string of the molecule is CC(C)OCCCCN=C(NCCc1ccco1)NC1CC2CCC1C2.I. The number of rotatable bonds is 10. The van der Waals surface area contributed by atoms with Crippen LogP contribution in [0.25, 0.3) is 0 Å². The lowest BCUT2D eigenvalue weighted by Gasteiger charge is -2.25. The summed E-state index contributed by atoms with van der Waals surface area (Å²) in [4.78, 5) is 4.81. The molecule has 3 unspecified atom stereocenters. The lowest BCUT2D eigenvalue weighted by molar-refractivity contribution is 0.0763. The molecule has 0 radical (unpaired) electrons. The van der Waals surface area contributed by atoms with E-state index in [4.69, 9.17) is 14.1 Å². The Morgan fingerprint density at radius 3 is 2.85 bits per heavy atom. The molecule has 6 heteroatoms. The Morgan fingerprint density at radius 2 is 2.19 bits per heavy atom. The molecule has 1 heterocycles. The molecule has 2 bridgehead atoms. The maximum Gasteiger partial charge on any atom is 0.191 e. The molecule has 154 valence electrons. The molecule has 0 saturated heterocycles. The van der Waals surface area contributed by atoms with E-state index in [0.717, 1.165) is 62.5 Å². The minimum atomic E-state index is 0. The van der Waals surface area contributed by atoms with Gasteiger partial charge >= 0.3 is 0 Å². The van der Waals surface area contributed by atoms with Crippen LogP contribution in [0.2, 0.25) is 0 Å². The van der Waals surface area contributed by atoms with E-state index in [1.165, 1.54) is 25.7 Å². The third kappa shape index (κ3) is 7.64. The Kier molecular flexibility index (Phi) is 9.96. The number of halogens is 1. The number of aliphatic imine (C=N–C) groups is 1. The molecule has 2 aliphatic carbocycles. The summed E-state index contributed by atoms with van der Waals surface area (Å²) in [6.45, 7) is 6.68. The van der Waals surface area contributed by atoms with Gasteiger partial charge in [0.1, 0.15) is 5.76 Å². The highest BCUT2D eigenvalue weighted by molar-refractivity contribution is 14.0. The number of ether oxygens (including phenoxy) is 1. The van der Waals surface area contributed by atoms with Gasteiger partial charge in [-0.15, -0.1) is 24.0 Å². The lowest BCUT2D eigenvalue weighted by Crippen LogP contribution is -2.46. The van der Waals surface area contributed by atoms with Gasteiger partial charge in [-0.25, -0.2) is 0 Å². The van der Waals surface area contributed by atoms with Crippen LogP contribution in [0.4, 0.5) is 0 Å². The average Bonchev–Trinajstić information content (AvgIpc) is 3.35. The van der Waals surface area contributed by atoms with E-state index in [2.05, 4.69) is 24.5 Å². The molecule has 3 rings (SSSR count). The quantitative estimate of drug-likeness (QED) is 0.222. The van der Waals surface area contributed by atoms with Crippen molar-refractivity contribution in [2.24, 2.45) is 16.8 Å². The van der Waals surface area contributed by atoms with Crippen LogP contribution in [-0.2, 0) is 11.2 Å². The maximum atomic E-state index is 5.61. The first-order chi connectivity index (χ1) is 12.7. The Bertz CT molecular complexity index is 548. The normalized spacial score (nSPS) is 24.3. The zero-order valence-corrected chi connectivity index (χ0v) is 19.1. The Hall–Kier alpha value is -0.760. The van der Waals surface area contributed by atoms with Crippen molar-refractivity contribution in [1.29, 1.82) is 0 Å². The van der Waals surface area contributed by atoms with Gasteiger partial charge in [0.2, 0.25) is 0 Å². The Balaban J connectivity index is 0.00000261. The van der Waals surface area contributed by atoms with Crippen LogP contribution < -0.4 is 10.6 Å². The first-order valence-corrected chi connectivity index (χ1v) is 10.4. The van der Waals surface area contributed by atoms with Crippen LogP contribution in [0.1, 0.15) is 58.1 Å². The molecule has 1 aromatic rings. The minimum absolute atomic E-state index is 0. The highest BCUT2D eigenvalue weighted by atomic mass is 127. The summed E-state index contributed by atoms with van der Waals surface area (Å²) >= 11 is 0. The molecule has 2 N–H and O–H groups in total. The van der Waals surface area contributed by atoms with Gasteiger partial charge in [0, 0.05) is 32.2 Å². The summed E-state index contributed by atoms with van der Waals surface area (Å²) in [5.41, 5.74) is 0. The molecule has 0 aliphatic heterocycles. The van der Waals surface area contributed by atoms with Crippen LogP contribution in [0, 0.1) is 11.8 Å². The number of nitrogens with one attached hydrogen (secondary N) is 2. The number of hydrogen-bond donors (Lipinski definition) is 2. The van der Waals surface area contributed by atoms with E-state index in [9.17, 15) is 0 Å². The fourth-order valence-corrected chi connectivity index (χ4v) is 4.23. The van der Waals surface area contributed by atoms with Gasteiger partial charge in [0.25, 0.3) is 0 Å². The Labute approximate surface area is 181 Å². The van der Waals surface area contributed by atoms with E-state index < -0.39 is 0 Å². The van der Waals surface area contributed by atoms with E-state index in [1.807, 2.05) is 12.1 Å². The van der Waals surface area contributed by atoms with Crippen molar-refractivity contribution in [2.75, 3.05) is 19.7 Å². The molecular weight excluding hydrogens is 453 g/mol. The second-order valence-electron chi connectivity index (χ2n) is 8.04. The maximum absolute atomic E-state index is 5.61. The number of unbranched alkanes of at least 4 members (excludes halogenated alkanes) is 1. The molecule has 3 atom stereocenters. The summed E-state index contributed by atoms with van der Waals surface area (Å²) in [6, 6.07) is 4.57. The first kappa shape index (κ1) is 22.5. The van der Waals surface area contributed by atoms with Crippen molar-refractivity contribution >= 4 is 29.9 Å². The fraction of sp³-hybridized carbons (Fsp3) is 0.762. The third-order valence-electron chi connectivity index (χ3n) is 5.58. The summed E-state index contributed by atoms with van der Waals surface area (Å²) in [6.07, 6.45) is 10.6. The van der Waals surface area contributed by atoms with E-state index in [0.29, 0.717) is 12.1 Å². The number of nitrogens with zero attached hydrogens (tertiary/aromatic N) is 1. The molecule has 0 amide bonds. The zero-order valence-electron chi connectivity index (χ0n) is 16.8. The summed E-state index contributed by atoms with van der Waals surface area (Å²) in [7, 11) is 0. The van der Waals surface area contributed by atoms with Crippen molar-refractivity contribution in [3.05, 3.63) is 24.2 Å². The van der Waals surface area contributed by atoms with Crippen LogP contribution in [0.5, 0.6) is 0 Å². The molecule has 5 nitrogen and oxygen atoms in total. The summed E-state index contributed by atoms with van der Waals surface area (Å²) in [5, 5.41) is 7.21. The van der Waals surface area contributed by atoms with Gasteiger partial charge in [-0.05, 0) is 69.9 Å². The number of furan rings is 1. The van der Waals surface area contributed by atoms with Crippen molar-refractivity contribution < 1.29 is 9.15 Å². The average molecular weight is 489 g/mol. The number of fused-ring (bicyclic) bond motifs is 2. The Morgan fingerprint density at radius 1 is 1.30 bits per heavy atom. The van der Waals surface area contributed by atoms with Gasteiger partial charge in [-0.1, -0.05) is 6.42 Å². The second kappa shape index (κ2) is 11.9. The summed E-state index contributed by atoms with van der Waals surface area (Å²) < 4.78 is 11.0. The van der Waals surface area contributed by atoms with Crippen molar-refractivity contribution in [3.8, 4) is 0 Å². The lowest BCUT2D eigenvalue weighted by atomic mass is 9.95. The predicted octanol–water partition coefficient (Wildman–Crippen LogP) is 4.37. The van der Waals surface area contributed by atoms with Crippen molar-refractivity contribution in [2.45, 2.75) is 70.9 Å². The topological polar surface area (TPSA) is 58.8 Å². The van der Waals surface area contributed by atoms with Crippen LogP contribution in [0.15, 0.2) is 27.8 Å². The molecule has 2 aliphatic rings. The summed E-state index contributed by atoms with van der Waals surface area (Å²) in [5.74, 6) is 3.77. The van der Waals surface area contributed by atoms with Crippen molar-refractivity contribution in [1.82, 2.24) is 10.6 Å². The highest BCUT2D eigenvalue weighted by Gasteiger charge is 2.39. The molecule has 27 heavy (non-hydrogen) atoms. The van der Waals surface area contributed by atoms with Gasteiger partial charge in [0.05, 0.1) is 12.4 Å². The predicted molar refractivity (Wildman–Crippen MR) is 121 cm³/mol. The molecule has 1 aromatic heterocycles. The van der Waals surface area contributed by atoms with E-state index in [1.54, 1.807) is 6.26 Å². The smallest absolute Gasteiger partial charge is 0.191 e. The number of guanidine groups is 1. The monoisotopic (exact) mass is 489 g/mol. The molecule has 2 fully saturated rings. The van der Waals surface area contributed by atoms with E-state index >= 15 is 0 Å². The van der Waals surface area contributed by atoms with Crippen LogP contribution >= 0.6 is 24.0 Å². The highest BCUT2D eigenvalue weighted by Crippen LogP contribution is 2.44. The molecule has 2 saturated carbocycles. The third-order valence-corrected chi connectivity index (χ3v) is 5.58. The van der Waals surface area contributed by atoms with Gasteiger partial charge in [-0.2, -0.15) is 0 Å². The van der Waals surface area contributed by atoms with Gasteiger partial charge < -0.3 is 19.8 Å². The zero-order chi connectivity index (χ0) is 18.2. The van der Waals surface area contributed by atoms with Crippen LogP contribution in [0.3, 0.4) is 0 Å². The second-order valence-corrected chi connectivity index (χ2v) is 8.04. The van der Waals surface area contributed by atoms with Crippen molar-refractivity contribution in [3.63, 3.8) is 0 Å². The minimum Gasteiger partial charge on any atom is -0.469 e.